The van der Waals surface area contributed by atoms with E-state index in [4.69, 9.17) is 4.42 Å². The molecule has 3 rings (SSSR count). The van der Waals surface area contributed by atoms with Crippen molar-refractivity contribution in [3.8, 4) is 0 Å². The number of anilines is 1. The Balaban J connectivity index is 1.86. The van der Waals surface area contributed by atoms with Gasteiger partial charge in [-0.1, -0.05) is 18.2 Å². The molecule has 0 aliphatic carbocycles. The molecule has 2 aromatic carbocycles. The number of halogens is 2. The fourth-order valence-corrected chi connectivity index (χ4v) is 2.76. The van der Waals surface area contributed by atoms with Crippen molar-refractivity contribution in [3.05, 3.63) is 63.7 Å². The van der Waals surface area contributed by atoms with Gasteiger partial charge in [0, 0.05) is 14.6 Å². The molecule has 1 N–H and O–H groups in total. The van der Waals surface area contributed by atoms with Crippen LogP contribution >= 0.6 is 22.6 Å². The topological polar surface area (TPSA) is 25.2 Å². The first-order chi connectivity index (χ1) is 9.63. The molecule has 0 amide bonds. The lowest BCUT2D eigenvalue weighted by Crippen LogP contribution is -2.06. The highest BCUT2D eigenvalue weighted by molar-refractivity contribution is 14.1. The lowest BCUT2D eigenvalue weighted by atomic mass is 10.2. The van der Waals surface area contributed by atoms with E-state index in [1.807, 2.05) is 37.3 Å². The number of para-hydroxylation sites is 1. The van der Waals surface area contributed by atoms with Gasteiger partial charge in [0.2, 0.25) is 0 Å². The Morgan fingerprint density at radius 2 is 1.95 bits per heavy atom. The molecule has 20 heavy (non-hydrogen) atoms. The van der Waals surface area contributed by atoms with Gasteiger partial charge in [-0.05, 0) is 59.8 Å². The molecule has 1 aromatic heterocycles. The third-order valence-corrected chi connectivity index (χ3v) is 4.07. The first-order valence-corrected chi connectivity index (χ1v) is 7.41. The number of hydrogen-bond donors (Lipinski definition) is 1. The number of furan rings is 1. The van der Waals surface area contributed by atoms with Crippen molar-refractivity contribution in [1.82, 2.24) is 0 Å². The number of rotatable bonds is 3. The zero-order chi connectivity index (χ0) is 14.1. The molecule has 1 unspecified atom stereocenters. The Bertz CT molecular complexity index is 720. The molecular formula is C16H13FINO. The maximum absolute atomic E-state index is 13.1. The van der Waals surface area contributed by atoms with Gasteiger partial charge in [-0.25, -0.2) is 4.39 Å². The summed E-state index contributed by atoms with van der Waals surface area (Å²) in [5.74, 6) is 0.641. The van der Waals surface area contributed by atoms with Gasteiger partial charge in [0.15, 0.2) is 0 Å². The molecule has 0 saturated heterocycles. The van der Waals surface area contributed by atoms with Crippen LogP contribution in [0.4, 0.5) is 10.1 Å². The van der Waals surface area contributed by atoms with Crippen LogP contribution in [0.25, 0.3) is 11.0 Å². The monoisotopic (exact) mass is 381 g/mol. The Hall–Kier alpha value is -1.56. The number of hydrogen-bond acceptors (Lipinski definition) is 2. The maximum atomic E-state index is 13.1. The highest BCUT2D eigenvalue weighted by Crippen LogP contribution is 2.28. The van der Waals surface area contributed by atoms with Gasteiger partial charge in [-0.15, -0.1) is 0 Å². The third kappa shape index (κ3) is 2.65. The van der Waals surface area contributed by atoms with Crippen LogP contribution < -0.4 is 5.32 Å². The minimum Gasteiger partial charge on any atom is -0.459 e. The molecule has 102 valence electrons. The van der Waals surface area contributed by atoms with Crippen LogP contribution in [0.3, 0.4) is 0 Å². The second-order valence-electron chi connectivity index (χ2n) is 4.68. The average Bonchev–Trinajstić information content (AvgIpc) is 2.86. The summed E-state index contributed by atoms with van der Waals surface area (Å²) < 4.78 is 19.8. The van der Waals surface area contributed by atoms with E-state index in [0.29, 0.717) is 0 Å². The molecule has 1 heterocycles. The molecule has 0 spiro atoms. The number of fused-ring (bicyclic) bond motifs is 1. The van der Waals surface area contributed by atoms with E-state index in [9.17, 15) is 4.39 Å². The van der Waals surface area contributed by atoms with Crippen molar-refractivity contribution in [2.24, 2.45) is 0 Å². The molecule has 0 bridgehead atoms. The SMILES string of the molecule is CC(Nc1ccc(F)cc1I)c1cc2ccccc2o1. The molecule has 0 aliphatic heterocycles. The molecular weight excluding hydrogens is 368 g/mol. The zero-order valence-corrected chi connectivity index (χ0v) is 13.0. The fourth-order valence-electron chi connectivity index (χ4n) is 2.13. The van der Waals surface area contributed by atoms with Crippen LogP contribution in [0.1, 0.15) is 18.7 Å². The molecule has 3 aromatic rings. The van der Waals surface area contributed by atoms with Crippen LogP contribution in [0.15, 0.2) is 52.9 Å². The second kappa shape index (κ2) is 5.44. The van der Waals surface area contributed by atoms with Crippen molar-refractivity contribution in [1.29, 1.82) is 0 Å². The van der Waals surface area contributed by atoms with E-state index < -0.39 is 0 Å². The molecule has 0 fully saturated rings. The highest BCUT2D eigenvalue weighted by atomic mass is 127. The van der Waals surface area contributed by atoms with E-state index >= 15 is 0 Å². The Kier molecular flexibility index (Phi) is 3.65. The highest BCUT2D eigenvalue weighted by Gasteiger charge is 2.12. The summed E-state index contributed by atoms with van der Waals surface area (Å²) in [6, 6.07) is 14.7. The van der Waals surface area contributed by atoms with Gasteiger partial charge in [0.05, 0.1) is 6.04 Å². The van der Waals surface area contributed by atoms with Crippen LogP contribution in [0.2, 0.25) is 0 Å². The van der Waals surface area contributed by atoms with Crippen molar-refractivity contribution >= 4 is 39.2 Å². The van der Waals surface area contributed by atoms with Gasteiger partial charge in [-0.2, -0.15) is 0 Å². The molecule has 0 saturated carbocycles. The summed E-state index contributed by atoms with van der Waals surface area (Å²) in [6.45, 7) is 2.02. The van der Waals surface area contributed by atoms with E-state index in [1.54, 1.807) is 6.07 Å². The number of nitrogens with one attached hydrogen (secondary N) is 1. The smallest absolute Gasteiger partial charge is 0.134 e. The summed E-state index contributed by atoms with van der Waals surface area (Å²) in [7, 11) is 0. The lowest BCUT2D eigenvalue weighted by molar-refractivity contribution is 0.526. The van der Waals surface area contributed by atoms with Crippen molar-refractivity contribution in [2.75, 3.05) is 5.32 Å². The second-order valence-corrected chi connectivity index (χ2v) is 5.84. The Morgan fingerprint density at radius 3 is 2.70 bits per heavy atom. The minimum absolute atomic E-state index is 0.0152. The Morgan fingerprint density at radius 1 is 1.15 bits per heavy atom. The van der Waals surface area contributed by atoms with Gasteiger partial charge >= 0.3 is 0 Å². The van der Waals surface area contributed by atoms with Crippen LogP contribution in [-0.2, 0) is 0 Å². The minimum atomic E-state index is -0.226. The summed E-state index contributed by atoms with van der Waals surface area (Å²) in [5, 5.41) is 4.43. The van der Waals surface area contributed by atoms with Crippen molar-refractivity contribution in [2.45, 2.75) is 13.0 Å². The quantitative estimate of drug-likeness (QED) is 0.619. The lowest BCUT2D eigenvalue weighted by Gasteiger charge is -2.14. The molecule has 1 atom stereocenters. The predicted octanol–water partition coefficient (Wildman–Crippen LogP) is 5.35. The Labute approximate surface area is 130 Å². The van der Waals surface area contributed by atoms with Gasteiger partial charge in [0.1, 0.15) is 17.2 Å². The predicted molar refractivity (Wildman–Crippen MR) is 87.4 cm³/mol. The van der Waals surface area contributed by atoms with Crippen LogP contribution in [-0.4, -0.2) is 0 Å². The van der Waals surface area contributed by atoms with Gasteiger partial charge < -0.3 is 9.73 Å². The largest absolute Gasteiger partial charge is 0.459 e. The molecule has 2 nitrogen and oxygen atoms in total. The normalized spacial score (nSPS) is 12.6. The van der Waals surface area contributed by atoms with Crippen molar-refractivity contribution in [3.63, 3.8) is 0 Å². The molecule has 4 heteroatoms. The summed E-state index contributed by atoms with van der Waals surface area (Å²) in [6.07, 6.45) is 0. The third-order valence-electron chi connectivity index (χ3n) is 3.17. The van der Waals surface area contributed by atoms with E-state index in [-0.39, 0.29) is 11.9 Å². The van der Waals surface area contributed by atoms with Crippen LogP contribution in [0.5, 0.6) is 0 Å². The summed E-state index contributed by atoms with van der Waals surface area (Å²) in [5.41, 5.74) is 1.78. The van der Waals surface area contributed by atoms with Crippen molar-refractivity contribution < 1.29 is 8.81 Å². The zero-order valence-electron chi connectivity index (χ0n) is 10.9. The van der Waals surface area contributed by atoms with E-state index in [2.05, 4.69) is 27.9 Å². The fraction of sp³-hybridized carbons (Fsp3) is 0.125. The van der Waals surface area contributed by atoms with Gasteiger partial charge in [0.25, 0.3) is 0 Å². The summed E-state index contributed by atoms with van der Waals surface area (Å²) in [4.78, 5) is 0. The summed E-state index contributed by atoms with van der Waals surface area (Å²) >= 11 is 2.12. The standard InChI is InChI=1S/C16H13FINO/c1-10(19-14-7-6-12(17)9-13(14)18)16-8-11-4-2-3-5-15(11)20-16/h2-10,19H,1H3. The molecule has 0 aliphatic rings. The van der Waals surface area contributed by atoms with Gasteiger partial charge in [-0.3, -0.25) is 0 Å². The average molecular weight is 381 g/mol. The first-order valence-electron chi connectivity index (χ1n) is 6.33. The van der Waals surface area contributed by atoms with Crippen LogP contribution in [0, 0.1) is 9.39 Å². The van der Waals surface area contributed by atoms with E-state index in [1.165, 1.54) is 12.1 Å². The maximum Gasteiger partial charge on any atom is 0.134 e. The first kappa shape index (κ1) is 13.4. The molecule has 0 radical (unpaired) electrons. The number of benzene rings is 2. The van der Waals surface area contributed by atoms with E-state index in [0.717, 1.165) is 26.0 Å².